The van der Waals surface area contributed by atoms with Crippen LogP contribution in [0.3, 0.4) is 0 Å². The van der Waals surface area contributed by atoms with Crippen molar-refractivity contribution in [3.05, 3.63) is 95.8 Å². The van der Waals surface area contributed by atoms with Gasteiger partial charge in [0.15, 0.2) is 0 Å². The lowest BCUT2D eigenvalue weighted by molar-refractivity contribution is -0.141. The van der Waals surface area contributed by atoms with Gasteiger partial charge in [-0.1, -0.05) is 67.6 Å². The summed E-state index contributed by atoms with van der Waals surface area (Å²) < 4.78 is 46.8. The summed E-state index contributed by atoms with van der Waals surface area (Å²) in [4.78, 5) is 28.9. The molecule has 0 saturated carbocycles. The zero-order valence-electron chi connectivity index (χ0n) is 24.6. The number of para-hydroxylation sites is 2. The summed E-state index contributed by atoms with van der Waals surface area (Å²) in [7, 11) is -2.24. The van der Waals surface area contributed by atoms with Crippen LogP contribution in [-0.2, 0) is 32.6 Å². The summed E-state index contributed by atoms with van der Waals surface area (Å²) in [6.45, 7) is 3.74. The van der Waals surface area contributed by atoms with E-state index in [2.05, 4.69) is 5.32 Å². The highest BCUT2D eigenvalue weighted by molar-refractivity contribution is 7.92. The van der Waals surface area contributed by atoms with Crippen LogP contribution in [0.4, 0.5) is 10.1 Å². The molecule has 3 aromatic rings. The molecular formula is C32H40FN3O5S. The number of nitrogens with one attached hydrogen (secondary N) is 1. The lowest BCUT2D eigenvalue weighted by atomic mass is 10.0. The van der Waals surface area contributed by atoms with Gasteiger partial charge in [-0.05, 0) is 43.5 Å². The average molecular weight is 598 g/mol. The van der Waals surface area contributed by atoms with Crippen LogP contribution in [0.5, 0.6) is 5.75 Å². The lowest BCUT2D eigenvalue weighted by Gasteiger charge is -2.33. The molecule has 0 fully saturated rings. The summed E-state index contributed by atoms with van der Waals surface area (Å²) in [5.41, 5.74) is 1.51. The number of carbonyl (C=O) groups is 2. The van der Waals surface area contributed by atoms with Gasteiger partial charge in [0.25, 0.3) is 0 Å². The SMILES string of the molecule is CC[C@@H](C)NC(=O)[C@H](Cc1ccccc1)N(Cc1ccccc1F)C(=O)CCCN(c1ccccc1OC)S(C)(=O)=O. The molecule has 0 unspecified atom stereocenters. The Hall–Kier alpha value is -3.92. The van der Waals surface area contributed by atoms with E-state index in [9.17, 15) is 22.4 Å². The van der Waals surface area contributed by atoms with Gasteiger partial charge >= 0.3 is 0 Å². The van der Waals surface area contributed by atoms with Crippen molar-refractivity contribution < 1.29 is 27.1 Å². The third-order valence-corrected chi connectivity index (χ3v) is 8.26. The molecule has 10 heteroatoms. The van der Waals surface area contributed by atoms with E-state index >= 15 is 0 Å². The Morgan fingerprint density at radius 1 is 0.976 bits per heavy atom. The molecule has 0 aromatic heterocycles. The molecule has 2 atom stereocenters. The first-order chi connectivity index (χ1) is 20.0. The Kier molecular flexibility index (Phi) is 11.9. The molecule has 0 aliphatic carbocycles. The van der Waals surface area contributed by atoms with E-state index in [0.29, 0.717) is 17.9 Å². The van der Waals surface area contributed by atoms with Crippen LogP contribution in [0.1, 0.15) is 44.2 Å². The van der Waals surface area contributed by atoms with Crippen LogP contribution < -0.4 is 14.4 Å². The zero-order chi connectivity index (χ0) is 30.7. The molecule has 0 heterocycles. The maximum atomic E-state index is 14.8. The zero-order valence-corrected chi connectivity index (χ0v) is 25.4. The molecule has 0 saturated heterocycles. The van der Waals surface area contributed by atoms with Crippen molar-refractivity contribution >= 4 is 27.5 Å². The number of amides is 2. The largest absolute Gasteiger partial charge is 0.495 e. The maximum absolute atomic E-state index is 14.8. The molecule has 42 heavy (non-hydrogen) atoms. The maximum Gasteiger partial charge on any atom is 0.243 e. The lowest BCUT2D eigenvalue weighted by Crippen LogP contribution is -2.52. The molecule has 2 amide bonds. The summed E-state index contributed by atoms with van der Waals surface area (Å²) in [6.07, 6.45) is 2.15. The van der Waals surface area contributed by atoms with E-state index in [1.807, 2.05) is 44.2 Å². The van der Waals surface area contributed by atoms with E-state index in [-0.39, 0.29) is 55.8 Å². The quantitative estimate of drug-likeness (QED) is 0.268. The summed E-state index contributed by atoms with van der Waals surface area (Å²) in [5.74, 6) is -0.799. The normalized spacial score (nSPS) is 12.7. The van der Waals surface area contributed by atoms with Crippen LogP contribution in [0.15, 0.2) is 78.9 Å². The van der Waals surface area contributed by atoms with Crippen molar-refractivity contribution in [2.45, 2.75) is 58.2 Å². The van der Waals surface area contributed by atoms with Gasteiger partial charge in [-0.25, -0.2) is 12.8 Å². The van der Waals surface area contributed by atoms with Crippen molar-refractivity contribution in [1.29, 1.82) is 0 Å². The molecule has 226 valence electrons. The first kappa shape index (κ1) is 32.6. The molecule has 1 N–H and O–H groups in total. The minimum Gasteiger partial charge on any atom is -0.495 e. The number of hydrogen-bond donors (Lipinski definition) is 1. The summed E-state index contributed by atoms with van der Waals surface area (Å²) >= 11 is 0. The number of nitrogens with zero attached hydrogens (tertiary/aromatic N) is 2. The summed E-state index contributed by atoms with van der Waals surface area (Å²) in [6, 6.07) is 21.2. The van der Waals surface area contributed by atoms with E-state index < -0.39 is 21.9 Å². The Bertz CT molecular complexity index is 1430. The van der Waals surface area contributed by atoms with Crippen LogP contribution in [0, 0.1) is 5.82 Å². The first-order valence-electron chi connectivity index (χ1n) is 14.0. The van der Waals surface area contributed by atoms with Gasteiger partial charge in [0.2, 0.25) is 21.8 Å². The highest BCUT2D eigenvalue weighted by Gasteiger charge is 2.31. The third kappa shape index (κ3) is 9.04. The average Bonchev–Trinajstić information content (AvgIpc) is 2.97. The molecule has 3 aromatic carbocycles. The highest BCUT2D eigenvalue weighted by atomic mass is 32.2. The smallest absolute Gasteiger partial charge is 0.243 e. The van der Waals surface area contributed by atoms with E-state index in [1.54, 1.807) is 42.5 Å². The minimum absolute atomic E-state index is 0.0148. The number of ether oxygens (including phenoxy) is 1. The van der Waals surface area contributed by atoms with Crippen molar-refractivity contribution in [3.63, 3.8) is 0 Å². The van der Waals surface area contributed by atoms with Crippen molar-refractivity contribution in [2.75, 3.05) is 24.2 Å². The number of benzene rings is 3. The number of halogens is 1. The number of hydrogen-bond acceptors (Lipinski definition) is 5. The van der Waals surface area contributed by atoms with Crippen LogP contribution >= 0.6 is 0 Å². The third-order valence-electron chi connectivity index (χ3n) is 7.08. The fraction of sp³-hybridized carbons (Fsp3) is 0.375. The van der Waals surface area contributed by atoms with Crippen molar-refractivity contribution in [2.24, 2.45) is 0 Å². The molecule has 3 rings (SSSR count). The van der Waals surface area contributed by atoms with E-state index in [4.69, 9.17) is 4.74 Å². The van der Waals surface area contributed by atoms with E-state index in [0.717, 1.165) is 11.8 Å². The summed E-state index contributed by atoms with van der Waals surface area (Å²) in [5, 5.41) is 2.99. The number of sulfonamides is 1. The second-order valence-corrected chi connectivity index (χ2v) is 12.2. The monoisotopic (exact) mass is 597 g/mol. The number of rotatable bonds is 15. The molecular weight excluding hydrogens is 557 g/mol. The van der Waals surface area contributed by atoms with Gasteiger partial charge in [0, 0.05) is 37.5 Å². The Balaban J connectivity index is 1.91. The molecule has 0 aliphatic heterocycles. The van der Waals surface area contributed by atoms with Crippen molar-refractivity contribution in [1.82, 2.24) is 10.2 Å². The van der Waals surface area contributed by atoms with Crippen LogP contribution in [0.25, 0.3) is 0 Å². The number of carbonyl (C=O) groups excluding carboxylic acids is 2. The van der Waals surface area contributed by atoms with Gasteiger partial charge in [0.05, 0.1) is 19.1 Å². The van der Waals surface area contributed by atoms with Gasteiger partial charge in [-0.3, -0.25) is 13.9 Å². The topological polar surface area (TPSA) is 96.0 Å². The Morgan fingerprint density at radius 2 is 1.62 bits per heavy atom. The molecule has 0 radical (unpaired) electrons. The number of methoxy groups -OCH3 is 1. The molecule has 0 spiro atoms. The van der Waals surface area contributed by atoms with Crippen LogP contribution in [-0.4, -0.2) is 57.1 Å². The van der Waals surface area contributed by atoms with Gasteiger partial charge < -0.3 is 15.0 Å². The molecule has 0 bridgehead atoms. The second kappa shape index (κ2) is 15.3. The standard InChI is InChI=1S/C32H40FN3O5S/c1-5-24(2)34-32(38)29(22-25-14-7-6-8-15-25)35(23-26-16-9-10-17-27(26)33)31(37)20-13-21-36(42(4,39)40)28-18-11-12-19-30(28)41-3/h6-12,14-19,24,29H,5,13,20-23H2,1-4H3,(H,34,38)/t24-,29+/m1/s1. The Labute approximate surface area is 248 Å². The van der Waals surface area contributed by atoms with Gasteiger partial charge in [0.1, 0.15) is 17.6 Å². The van der Waals surface area contributed by atoms with Gasteiger partial charge in [-0.2, -0.15) is 0 Å². The predicted octanol–water partition coefficient (Wildman–Crippen LogP) is 4.94. The first-order valence-corrected chi connectivity index (χ1v) is 15.9. The van der Waals surface area contributed by atoms with Crippen molar-refractivity contribution in [3.8, 4) is 5.75 Å². The second-order valence-electron chi connectivity index (χ2n) is 10.2. The van der Waals surface area contributed by atoms with E-state index in [1.165, 1.54) is 22.4 Å². The predicted molar refractivity (Wildman–Crippen MR) is 163 cm³/mol. The molecule has 0 aliphatic rings. The fourth-order valence-corrected chi connectivity index (χ4v) is 5.59. The van der Waals surface area contributed by atoms with Gasteiger partial charge in [-0.15, -0.1) is 0 Å². The number of anilines is 1. The highest BCUT2D eigenvalue weighted by Crippen LogP contribution is 2.30. The van der Waals surface area contributed by atoms with Crippen LogP contribution in [0.2, 0.25) is 0 Å². The Morgan fingerprint density at radius 3 is 2.26 bits per heavy atom. The fourth-order valence-electron chi connectivity index (χ4n) is 4.62. The minimum atomic E-state index is -3.70. The molecule has 8 nitrogen and oxygen atoms in total.